The maximum atomic E-state index is 12.1. The molecule has 2 N–H and O–H groups in total. The van der Waals surface area contributed by atoms with Gasteiger partial charge in [-0.15, -0.1) is 11.3 Å². The van der Waals surface area contributed by atoms with Crippen molar-refractivity contribution in [3.05, 3.63) is 34.0 Å². The van der Waals surface area contributed by atoms with Gasteiger partial charge < -0.3 is 10.6 Å². The van der Waals surface area contributed by atoms with E-state index in [4.69, 9.17) is 0 Å². The zero-order valence-electron chi connectivity index (χ0n) is 13.5. The van der Waals surface area contributed by atoms with Crippen LogP contribution >= 0.6 is 11.3 Å². The van der Waals surface area contributed by atoms with Gasteiger partial charge in [0.05, 0.1) is 18.3 Å². The minimum absolute atomic E-state index is 0.00759. The number of aromatic nitrogens is 3. The fraction of sp³-hybridized carbons (Fsp3) is 0.533. The second-order valence-electron chi connectivity index (χ2n) is 5.46. The van der Waals surface area contributed by atoms with Crippen LogP contribution in [0.3, 0.4) is 0 Å². The van der Waals surface area contributed by atoms with Crippen molar-refractivity contribution >= 4 is 17.4 Å². The Morgan fingerprint density at radius 1 is 1.41 bits per heavy atom. The number of nitrogens with zero attached hydrogens (tertiary/aromatic N) is 3. The molecule has 2 atom stereocenters. The normalized spacial score (nSPS) is 13.6. The van der Waals surface area contributed by atoms with E-state index in [1.165, 1.54) is 0 Å². The van der Waals surface area contributed by atoms with Gasteiger partial charge in [-0.1, -0.05) is 6.92 Å². The Labute approximate surface area is 135 Å². The van der Waals surface area contributed by atoms with Crippen LogP contribution in [0, 0.1) is 13.8 Å². The highest BCUT2D eigenvalue weighted by atomic mass is 32.1. The molecule has 22 heavy (non-hydrogen) atoms. The molecule has 0 spiro atoms. The number of carbonyl (C=O) groups is 1. The van der Waals surface area contributed by atoms with Crippen LogP contribution in [0.4, 0.5) is 4.79 Å². The summed E-state index contributed by atoms with van der Waals surface area (Å²) in [5.74, 6) is 0. The van der Waals surface area contributed by atoms with E-state index in [2.05, 4.69) is 20.7 Å². The maximum absolute atomic E-state index is 12.1. The van der Waals surface area contributed by atoms with Crippen LogP contribution in [0.2, 0.25) is 0 Å². The molecule has 0 saturated carbocycles. The molecule has 2 amide bonds. The summed E-state index contributed by atoms with van der Waals surface area (Å²) in [6.45, 7) is 8.64. The number of amides is 2. The van der Waals surface area contributed by atoms with Crippen molar-refractivity contribution in [3.63, 3.8) is 0 Å². The van der Waals surface area contributed by atoms with Gasteiger partial charge in [-0.3, -0.25) is 4.68 Å². The Kier molecular flexibility index (Phi) is 5.54. The fourth-order valence-corrected chi connectivity index (χ4v) is 3.11. The predicted molar refractivity (Wildman–Crippen MR) is 88.0 cm³/mol. The van der Waals surface area contributed by atoms with Gasteiger partial charge in [0.15, 0.2) is 0 Å². The van der Waals surface area contributed by atoms with Gasteiger partial charge in [0.25, 0.3) is 0 Å². The highest BCUT2D eigenvalue weighted by molar-refractivity contribution is 7.09. The number of nitrogens with one attached hydrogen (secondary N) is 2. The summed E-state index contributed by atoms with van der Waals surface area (Å²) in [4.78, 5) is 16.4. The van der Waals surface area contributed by atoms with E-state index in [0.29, 0.717) is 6.54 Å². The Bertz CT molecular complexity index is 607. The number of hydrogen-bond donors (Lipinski definition) is 2. The van der Waals surface area contributed by atoms with E-state index in [1.807, 2.05) is 43.8 Å². The van der Waals surface area contributed by atoms with Gasteiger partial charge in [-0.2, -0.15) is 5.10 Å². The zero-order valence-corrected chi connectivity index (χ0v) is 14.3. The second-order valence-corrected chi connectivity index (χ2v) is 6.39. The monoisotopic (exact) mass is 321 g/mol. The quantitative estimate of drug-likeness (QED) is 0.859. The molecule has 0 bridgehead atoms. The topological polar surface area (TPSA) is 71.8 Å². The van der Waals surface area contributed by atoms with E-state index >= 15 is 0 Å². The van der Waals surface area contributed by atoms with Crippen molar-refractivity contribution in [2.75, 3.05) is 0 Å². The zero-order chi connectivity index (χ0) is 16.1. The van der Waals surface area contributed by atoms with Crippen LogP contribution in [-0.2, 0) is 6.54 Å². The third kappa shape index (κ3) is 4.30. The molecule has 120 valence electrons. The van der Waals surface area contributed by atoms with Crippen molar-refractivity contribution in [1.29, 1.82) is 0 Å². The summed E-state index contributed by atoms with van der Waals surface area (Å²) in [7, 11) is 0. The highest BCUT2D eigenvalue weighted by Gasteiger charge is 2.16. The lowest BCUT2D eigenvalue weighted by Gasteiger charge is -2.19. The Morgan fingerprint density at radius 3 is 2.73 bits per heavy atom. The van der Waals surface area contributed by atoms with Gasteiger partial charge in [-0.05, 0) is 33.3 Å². The molecule has 6 nitrogen and oxygen atoms in total. The summed E-state index contributed by atoms with van der Waals surface area (Å²) in [6, 6.07) is 1.81. The van der Waals surface area contributed by atoms with E-state index in [1.54, 1.807) is 17.5 Å². The Hall–Kier alpha value is -1.89. The fourth-order valence-electron chi connectivity index (χ4n) is 2.33. The maximum Gasteiger partial charge on any atom is 0.315 e. The molecule has 0 unspecified atom stereocenters. The number of rotatable bonds is 6. The van der Waals surface area contributed by atoms with Gasteiger partial charge in [0, 0.05) is 23.3 Å². The molecule has 7 heteroatoms. The standard InChI is InChI=1S/C15H23N5OS/c1-5-13(14-16-6-7-22-14)18-15(21)17-11(3)9-20-12(4)8-10(2)19-20/h6-8,11,13H,5,9H2,1-4H3,(H2,17,18,21)/t11-,13+/m1/s1. The summed E-state index contributed by atoms with van der Waals surface area (Å²) >= 11 is 1.56. The second kappa shape index (κ2) is 7.40. The lowest BCUT2D eigenvalue weighted by Crippen LogP contribution is -2.44. The van der Waals surface area contributed by atoms with Crippen molar-refractivity contribution in [1.82, 2.24) is 25.4 Å². The first kappa shape index (κ1) is 16.5. The molecule has 0 fully saturated rings. The van der Waals surface area contributed by atoms with Gasteiger partial charge in [-0.25, -0.2) is 9.78 Å². The lowest BCUT2D eigenvalue weighted by molar-refractivity contribution is 0.232. The minimum Gasteiger partial charge on any atom is -0.334 e. The van der Waals surface area contributed by atoms with Gasteiger partial charge >= 0.3 is 6.03 Å². The number of urea groups is 1. The van der Waals surface area contributed by atoms with E-state index < -0.39 is 0 Å². The van der Waals surface area contributed by atoms with E-state index in [0.717, 1.165) is 22.8 Å². The van der Waals surface area contributed by atoms with Crippen molar-refractivity contribution in [3.8, 4) is 0 Å². The molecule has 0 radical (unpaired) electrons. The number of aryl methyl sites for hydroxylation is 2. The molecule has 0 aliphatic rings. The summed E-state index contributed by atoms with van der Waals surface area (Å²) < 4.78 is 1.92. The Morgan fingerprint density at radius 2 is 2.18 bits per heavy atom. The number of thiazole rings is 1. The summed E-state index contributed by atoms with van der Waals surface area (Å²) in [5.41, 5.74) is 2.09. The lowest BCUT2D eigenvalue weighted by atomic mass is 10.2. The average Bonchev–Trinajstić information content (AvgIpc) is 3.06. The third-order valence-electron chi connectivity index (χ3n) is 3.39. The van der Waals surface area contributed by atoms with Crippen LogP contribution in [0.25, 0.3) is 0 Å². The number of hydrogen-bond acceptors (Lipinski definition) is 4. The summed E-state index contributed by atoms with van der Waals surface area (Å²) in [5, 5.41) is 13.2. The number of carbonyl (C=O) groups excluding carboxylic acids is 1. The smallest absolute Gasteiger partial charge is 0.315 e. The van der Waals surface area contributed by atoms with Crippen LogP contribution in [-0.4, -0.2) is 26.8 Å². The molecule has 2 aromatic rings. The molecule has 2 rings (SSSR count). The van der Waals surface area contributed by atoms with E-state index in [-0.39, 0.29) is 18.1 Å². The van der Waals surface area contributed by atoms with E-state index in [9.17, 15) is 4.79 Å². The molecule has 2 heterocycles. The predicted octanol–water partition coefficient (Wildman–Crippen LogP) is 2.80. The molecular formula is C15H23N5OS. The van der Waals surface area contributed by atoms with Crippen molar-refractivity contribution < 1.29 is 4.79 Å². The molecule has 0 aromatic carbocycles. The Balaban J connectivity index is 1.87. The van der Waals surface area contributed by atoms with Crippen molar-refractivity contribution in [2.24, 2.45) is 0 Å². The largest absolute Gasteiger partial charge is 0.334 e. The minimum atomic E-state index is -0.170. The first-order valence-corrected chi connectivity index (χ1v) is 8.35. The first-order valence-electron chi connectivity index (χ1n) is 7.47. The molecule has 0 saturated heterocycles. The molecular weight excluding hydrogens is 298 g/mol. The van der Waals surface area contributed by atoms with Crippen LogP contribution in [0.5, 0.6) is 0 Å². The van der Waals surface area contributed by atoms with Gasteiger partial charge in [0.1, 0.15) is 5.01 Å². The highest BCUT2D eigenvalue weighted by Crippen LogP contribution is 2.18. The molecule has 0 aliphatic heterocycles. The third-order valence-corrected chi connectivity index (χ3v) is 4.28. The molecule has 2 aromatic heterocycles. The SMILES string of the molecule is CC[C@H](NC(=O)N[C@H](C)Cn1nc(C)cc1C)c1nccs1. The van der Waals surface area contributed by atoms with Crippen LogP contribution < -0.4 is 10.6 Å². The van der Waals surface area contributed by atoms with Crippen molar-refractivity contribution in [2.45, 2.75) is 52.7 Å². The summed E-state index contributed by atoms with van der Waals surface area (Å²) in [6.07, 6.45) is 2.57. The van der Waals surface area contributed by atoms with Crippen LogP contribution in [0.15, 0.2) is 17.6 Å². The van der Waals surface area contributed by atoms with Crippen LogP contribution in [0.1, 0.15) is 42.7 Å². The molecule has 0 aliphatic carbocycles. The first-order chi connectivity index (χ1) is 10.5. The van der Waals surface area contributed by atoms with Gasteiger partial charge in [0.2, 0.25) is 0 Å². The average molecular weight is 321 g/mol.